The number of nitrogens with zero attached hydrogens (tertiary/aromatic N) is 2. The summed E-state index contributed by atoms with van der Waals surface area (Å²) >= 11 is 5.95. The number of amides is 1. The number of carbonyl (C=O) groups is 1. The molecule has 0 saturated heterocycles. The summed E-state index contributed by atoms with van der Waals surface area (Å²) in [5.74, 6) is 0.0905. The number of carbonyl (C=O) groups excluding carboxylic acids is 1. The summed E-state index contributed by atoms with van der Waals surface area (Å²) in [7, 11) is 2.04. The molecule has 2 rings (SSSR count). The van der Waals surface area contributed by atoms with Gasteiger partial charge >= 0.3 is 0 Å². The Bertz CT molecular complexity index is 634. The fourth-order valence-corrected chi connectivity index (χ4v) is 2.61. The van der Waals surface area contributed by atoms with Crippen LogP contribution in [0.1, 0.15) is 17.5 Å². The monoisotopic (exact) mass is 345 g/mol. The van der Waals surface area contributed by atoms with Crippen LogP contribution in [-0.2, 0) is 17.6 Å². The first-order valence-corrected chi connectivity index (χ1v) is 8.60. The van der Waals surface area contributed by atoms with Crippen LogP contribution >= 0.6 is 11.6 Å². The van der Waals surface area contributed by atoms with Gasteiger partial charge in [-0.2, -0.15) is 0 Å². The molecule has 0 aliphatic heterocycles. The van der Waals surface area contributed by atoms with Gasteiger partial charge in [0.1, 0.15) is 0 Å². The SMILES string of the molecule is CN(CCC(=O)NCCc1cccc(Cl)c1)CCc1ccncc1. The van der Waals surface area contributed by atoms with Gasteiger partial charge in [-0.15, -0.1) is 0 Å². The Labute approximate surface area is 148 Å². The number of rotatable bonds is 9. The predicted octanol–water partition coefficient (Wildman–Crippen LogP) is 2.96. The molecule has 1 amide bonds. The molecule has 0 bridgehead atoms. The molecule has 5 heteroatoms. The maximum atomic E-state index is 11.9. The fourth-order valence-electron chi connectivity index (χ4n) is 2.40. The molecule has 4 nitrogen and oxygen atoms in total. The average molecular weight is 346 g/mol. The third-order valence-electron chi connectivity index (χ3n) is 3.88. The van der Waals surface area contributed by atoms with E-state index in [1.807, 2.05) is 55.8 Å². The van der Waals surface area contributed by atoms with E-state index < -0.39 is 0 Å². The summed E-state index contributed by atoms with van der Waals surface area (Å²) in [6.07, 6.45) is 5.90. The van der Waals surface area contributed by atoms with E-state index in [1.54, 1.807) is 0 Å². The van der Waals surface area contributed by atoms with Crippen molar-refractivity contribution in [3.05, 3.63) is 64.9 Å². The first-order valence-electron chi connectivity index (χ1n) is 8.22. The van der Waals surface area contributed by atoms with Crippen molar-refractivity contribution >= 4 is 17.5 Å². The summed E-state index contributed by atoms with van der Waals surface area (Å²) in [4.78, 5) is 18.1. The fraction of sp³-hybridized carbons (Fsp3) is 0.368. The van der Waals surface area contributed by atoms with Gasteiger partial charge in [0.25, 0.3) is 0 Å². The van der Waals surface area contributed by atoms with Crippen molar-refractivity contribution in [2.24, 2.45) is 0 Å². The van der Waals surface area contributed by atoms with Gasteiger partial charge in [0.2, 0.25) is 5.91 Å². The number of halogens is 1. The van der Waals surface area contributed by atoms with Crippen LogP contribution in [0.3, 0.4) is 0 Å². The second-order valence-electron chi connectivity index (χ2n) is 5.89. The number of benzene rings is 1. The number of aromatic nitrogens is 1. The summed E-state index contributed by atoms with van der Waals surface area (Å²) in [6, 6.07) is 11.8. The van der Waals surface area contributed by atoms with E-state index in [-0.39, 0.29) is 5.91 Å². The molecule has 2 aromatic rings. The van der Waals surface area contributed by atoms with E-state index in [0.717, 1.165) is 36.5 Å². The first kappa shape index (κ1) is 18.4. The third kappa shape index (κ3) is 7.11. The molecule has 0 spiro atoms. The third-order valence-corrected chi connectivity index (χ3v) is 4.11. The van der Waals surface area contributed by atoms with Crippen molar-refractivity contribution in [1.82, 2.24) is 15.2 Å². The van der Waals surface area contributed by atoms with E-state index in [9.17, 15) is 4.79 Å². The Balaban J connectivity index is 1.58. The van der Waals surface area contributed by atoms with Gasteiger partial charge < -0.3 is 10.2 Å². The van der Waals surface area contributed by atoms with E-state index in [0.29, 0.717) is 13.0 Å². The smallest absolute Gasteiger partial charge is 0.221 e. The van der Waals surface area contributed by atoms with Crippen molar-refractivity contribution < 1.29 is 4.79 Å². The molecule has 0 saturated carbocycles. The molecule has 1 N–H and O–H groups in total. The Morgan fingerprint density at radius 1 is 1.12 bits per heavy atom. The minimum absolute atomic E-state index is 0.0905. The average Bonchev–Trinajstić information content (AvgIpc) is 2.59. The molecule has 1 aromatic carbocycles. The minimum Gasteiger partial charge on any atom is -0.356 e. The lowest BCUT2D eigenvalue weighted by Gasteiger charge is -2.16. The highest BCUT2D eigenvalue weighted by Crippen LogP contribution is 2.10. The summed E-state index contributed by atoms with van der Waals surface area (Å²) in [6.45, 7) is 2.33. The van der Waals surface area contributed by atoms with Crippen LogP contribution in [0.4, 0.5) is 0 Å². The number of nitrogens with one attached hydrogen (secondary N) is 1. The zero-order valence-electron chi connectivity index (χ0n) is 14.0. The van der Waals surface area contributed by atoms with E-state index in [4.69, 9.17) is 11.6 Å². The maximum absolute atomic E-state index is 11.9. The molecule has 0 radical (unpaired) electrons. The normalized spacial score (nSPS) is 10.8. The molecule has 0 aliphatic carbocycles. The highest BCUT2D eigenvalue weighted by molar-refractivity contribution is 6.30. The van der Waals surface area contributed by atoms with Crippen LogP contribution < -0.4 is 5.32 Å². The van der Waals surface area contributed by atoms with Gasteiger partial charge in [-0.05, 0) is 55.3 Å². The van der Waals surface area contributed by atoms with Crippen molar-refractivity contribution in [2.75, 3.05) is 26.7 Å². The summed E-state index contributed by atoms with van der Waals surface area (Å²) < 4.78 is 0. The number of hydrogen-bond donors (Lipinski definition) is 1. The van der Waals surface area contributed by atoms with Gasteiger partial charge in [-0.3, -0.25) is 9.78 Å². The molecule has 1 heterocycles. The zero-order chi connectivity index (χ0) is 17.2. The van der Waals surface area contributed by atoms with Crippen LogP contribution in [0.2, 0.25) is 5.02 Å². The van der Waals surface area contributed by atoms with Gasteiger partial charge in [-0.1, -0.05) is 23.7 Å². The lowest BCUT2D eigenvalue weighted by Crippen LogP contribution is -2.31. The van der Waals surface area contributed by atoms with Gasteiger partial charge in [0.05, 0.1) is 0 Å². The molecule has 0 atom stereocenters. The van der Waals surface area contributed by atoms with Gasteiger partial charge in [-0.25, -0.2) is 0 Å². The largest absolute Gasteiger partial charge is 0.356 e. The van der Waals surface area contributed by atoms with Crippen molar-refractivity contribution in [2.45, 2.75) is 19.3 Å². The highest BCUT2D eigenvalue weighted by Gasteiger charge is 2.05. The lowest BCUT2D eigenvalue weighted by molar-refractivity contribution is -0.121. The molecular formula is C19H24ClN3O. The molecule has 0 fully saturated rings. The van der Waals surface area contributed by atoms with E-state index >= 15 is 0 Å². The topological polar surface area (TPSA) is 45.2 Å². The molecule has 1 aromatic heterocycles. The Hall–Kier alpha value is -1.91. The van der Waals surface area contributed by atoms with E-state index in [2.05, 4.69) is 15.2 Å². The van der Waals surface area contributed by atoms with Crippen molar-refractivity contribution in [3.8, 4) is 0 Å². The Morgan fingerprint density at radius 2 is 1.92 bits per heavy atom. The molecule has 0 aliphatic rings. The van der Waals surface area contributed by atoms with Crippen molar-refractivity contribution in [3.63, 3.8) is 0 Å². The van der Waals surface area contributed by atoms with E-state index in [1.165, 1.54) is 5.56 Å². The van der Waals surface area contributed by atoms with Crippen LogP contribution in [0.15, 0.2) is 48.8 Å². The number of hydrogen-bond acceptors (Lipinski definition) is 3. The summed E-state index contributed by atoms with van der Waals surface area (Å²) in [5, 5.41) is 3.69. The second-order valence-corrected chi connectivity index (χ2v) is 6.33. The standard InChI is InChI=1S/C19H24ClN3O/c1-23(13-8-16-5-10-21-11-6-16)14-9-19(24)22-12-7-17-3-2-4-18(20)15-17/h2-6,10-11,15H,7-9,12-14H2,1H3,(H,22,24). The van der Waals surface area contributed by atoms with Crippen molar-refractivity contribution in [1.29, 1.82) is 0 Å². The Morgan fingerprint density at radius 3 is 2.67 bits per heavy atom. The molecule has 24 heavy (non-hydrogen) atoms. The molecule has 128 valence electrons. The molecular weight excluding hydrogens is 322 g/mol. The minimum atomic E-state index is 0.0905. The van der Waals surface area contributed by atoms with Crippen LogP contribution in [0, 0.1) is 0 Å². The zero-order valence-corrected chi connectivity index (χ0v) is 14.8. The quantitative estimate of drug-likeness (QED) is 0.760. The van der Waals surface area contributed by atoms with Gasteiger partial charge in [0, 0.05) is 43.5 Å². The number of likely N-dealkylation sites (N-methyl/N-ethyl adjacent to an activating group) is 1. The van der Waals surface area contributed by atoms with Crippen LogP contribution in [0.25, 0.3) is 0 Å². The van der Waals surface area contributed by atoms with Crippen LogP contribution in [-0.4, -0.2) is 42.5 Å². The predicted molar refractivity (Wildman–Crippen MR) is 98.2 cm³/mol. The lowest BCUT2D eigenvalue weighted by atomic mass is 10.1. The number of pyridine rings is 1. The molecule has 0 unspecified atom stereocenters. The van der Waals surface area contributed by atoms with Gasteiger partial charge in [0.15, 0.2) is 0 Å². The maximum Gasteiger partial charge on any atom is 0.221 e. The first-order chi connectivity index (χ1) is 11.6. The summed E-state index contributed by atoms with van der Waals surface area (Å²) in [5.41, 5.74) is 2.40. The Kier molecular flexibility index (Phi) is 7.72. The van der Waals surface area contributed by atoms with Crippen LogP contribution in [0.5, 0.6) is 0 Å². The highest BCUT2D eigenvalue weighted by atomic mass is 35.5. The second kappa shape index (κ2) is 10.1.